The van der Waals surface area contributed by atoms with Gasteiger partial charge in [-0.2, -0.15) is 0 Å². The van der Waals surface area contributed by atoms with E-state index in [1.54, 1.807) is 26.8 Å². The number of hydrogen-bond donors (Lipinski definition) is 5. The summed E-state index contributed by atoms with van der Waals surface area (Å²) < 4.78 is 5.06. The van der Waals surface area contributed by atoms with E-state index >= 15 is 0 Å². The molecular weight excluding hydrogens is 288 g/mol. The standard InChI is InChI=1S/C14H24N4O4/c1-14(2,3)22-13(21)17-8-10(19)7-16-6-9-4-5-11(20)12(15)18-9/h4-5,10,16,19-20H,6-8H2,1-3H3,(H2,15,18)(H,17,21). The Balaban J connectivity index is 2.24. The molecule has 0 fully saturated rings. The van der Waals surface area contributed by atoms with Gasteiger partial charge < -0.3 is 31.3 Å². The third-order valence-corrected chi connectivity index (χ3v) is 2.53. The Morgan fingerprint density at radius 1 is 1.41 bits per heavy atom. The summed E-state index contributed by atoms with van der Waals surface area (Å²) in [5, 5.41) is 24.5. The number of aromatic hydroxyl groups is 1. The van der Waals surface area contributed by atoms with E-state index in [0.717, 1.165) is 0 Å². The molecule has 8 nitrogen and oxygen atoms in total. The van der Waals surface area contributed by atoms with Gasteiger partial charge in [0.05, 0.1) is 11.8 Å². The smallest absolute Gasteiger partial charge is 0.407 e. The number of carbonyl (C=O) groups is 1. The lowest BCUT2D eigenvalue weighted by Crippen LogP contribution is -2.40. The van der Waals surface area contributed by atoms with Crippen molar-refractivity contribution in [3.05, 3.63) is 17.8 Å². The summed E-state index contributed by atoms with van der Waals surface area (Å²) in [5.41, 5.74) is 5.55. The van der Waals surface area contributed by atoms with E-state index in [4.69, 9.17) is 10.5 Å². The Hall–Kier alpha value is -2.06. The minimum Gasteiger partial charge on any atom is -0.504 e. The molecule has 0 saturated heterocycles. The maximum absolute atomic E-state index is 11.4. The van der Waals surface area contributed by atoms with Crippen molar-refractivity contribution in [1.29, 1.82) is 0 Å². The van der Waals surface area contributed by atoms with Crippen molar-refractivity contribution in [3.8, 4) is 5.75 Å². The number of aromatic nitrogens is 1. The molecule has 6 N–H and O–H groups in total. The number of nitrogens with zero attached hydrogens (tertiary/aromatic N) is 1. The van der Waals surface area contributed by atoms with Gasteiger partial charge in [-0.25, -0.2) is 9.78 Å². The second kappa shape index (κ2) is 7.81. The number of hydrogen-bond acceptors (Lipinski definition) is 7. The predicted molar refractivity (Wildman–Crippen MR) is 82.3 cm³/mol. The summed E-state index contributed by atoms with van der Waals surface area (Å²) in [5.74, 6) is -0.00298. The molecule has 0 radical (unpaired) electrons. The monoisotopic (exact) mass is 312 g/mol. The van der Waals surface area contributed by atoms with Crippen LogP contribution in [0, 0.1) is 0 Å². The van der Waals surface area contributed by atoms with E-state index < -0.39 is 17.8 Å². The Bertz CT molecular complexity index is 502. The molecule has 1 aromatic heterocycles. The molecule has 1 rings (SSSR count). The number of anilines is 1. The van der Waals surface area contributed by atoms with Gasteiger partial charge in [-0.1, -0.05) is 0 Å². The normalized spacial score (nSPS) is 12.7. The lowest BCUT2D eigenvalue weighted by Gasteiger charge is -2.20. The lowest BCUT2D eigenvalue weighted by molar-refractivity contribution is 0.0492. The van der Waals surface area contributed by atoms with Gasteiger partial charge in [0.15, 0.2) is 11.6 Å². The Kier molecular flexibility index (Phi) is 6.39. The van der Waals surface area contributed by atoms with Crippen LogP contribution in [0.2, 0.25) is 0 Å². The lowest BCUT2D eigenvalue weighted by atomic mass is 10.2. The molecule has 0 aliphatic carbocycles. The molecule has 1 heterocycles. The van der Waals surface area contributed by atoms with Gasteiger partial charge in [-0.15, -0.1) is 0 Å². The number of amides is 1. The highest BCUT2D eigenvalue weighted by molar-refractivity contribution is 5.67. The summed E-state index contributed by atoms with van der Waals surface area (Å²) in [7, 11) is 0. The largest absolute Gasteiger partial charge is 0.504 e. The number of ether oxygens (including phenoxy) is 1. The molecule has 0 aromatic carbocycles. The maximum Gasteiger partial charge on any atom is 0.407 e. The zero-order valence-electron chi connectivity index (χ0n) is 13.1. The average Bonchev–Trinajstić information content (AvgIpc) is 2.38. The fourth-order valence-corrected chi connectivity index (χ4v) is 1.56. The summed E-state index contributed by atoms with van der Waals surface area (Å²) in [6, 6.07) is 3.09. The van der Waals surface area contributed by atoms with E-state index in [1.807, 2.05) is 0 Å². The molecule has 124 valence electrons. The molecule has 22 heavy (non-hydrogen) atoms. The van der Waals surface area contributed by atoms with Gasteiger partial charge in [0.25, 0.3) is 0 Å². The first-order valence-corrected chi connectivity index (χ1v) is 6.97. The second-order valence-electron chi connectivity index (χ2n) is 5.87. The fraction of sp³-hybridized carbons (Fsp3) is 0.571. The fourth-order valence-electron chi connectivity index (χ4n) is 1.56. The van der Waals surface area contributed by atoms with Crippen LogP contribution in [0.15, 0.2) is 12.1 Å². The number of carbonyl (C=O) groups excluding carboxylic acids is 1. The Labute approximate surface area is 129 Å². The van der Waals surface area contributed by atoms with Gasteiger partial charge in [-0.05, 0) is 32.9 Å². The molecule has 1 atom stereocenters. The first-order valence-electron chi connectivity index (χ1n) is 6.97. The summed E-state index contributed by atoms with van der Waals surface area (Å²) >= 11 is 0. The first-order chi connectivity index (χ1) is 10.2. The van der Waals surface area contributed by atoms with Crippen LogP contribution in [0.4, 0.5) is 10.6 Å². The minimum absolute atomic E-state index is 0.0615. The van der Waals surface area contributed by atoms with Crippen molar-refractivity contribution in [2.75, 3.05) is 18.8 Å². The van der Waals surface area contributed by atoms with Crippen molar-refractivity contribution in [2.24, 2.45) is 0 Å². The van der Waals surface area contributed by atoms with Gasteiger partial charge >= 0.3 is 6.09 Å². The van der Waals surface area contributed by atoms with Crippen LogP contribution >= 0.6 is 0 Å². The number of rotatable bonds is 6. The summed E-state index contributed by atoms with van der Waals surface area (Å²) in [6.07, 6.45) is -1.33. The van der Waals surface area contributed by atoms with Crippen LogP contribution in [0.5, 0.6) is 5.75 Å². The van der Waals surface area contributed by atoms with E-state index in [0.29, 0.717) is 12.2 Å². The van der Waals surface area contributed by atoms with E-state index in [2.05, 4.69) is 15.6 Å². The second-order valence-corrected chi connectivity index (χ2v) is 5.87. The number of nitrogens with one attached hydrogen (secondary N) is 2. The molecule has 8 heteroatoms. The quantitative estimate of drug-likeness (QED) is 0.512. The molecule has 0 aliphatic rings. The van der Waals surface area contributed by atoms with E-state index in [-0.39, 0.29) is 24.7 Å². The highest BCUT2D eigenvalue weighted by Crippen LogP contribution is 2.16. The highest BCUT2D eigenvalue weighted by atomic mass is 16.6. The van der Waals surface area contributed by atoms with Crippen molar-refractivity contribution in [1.82, 2.24) is 15.6 Å². The van der Waals surface area contributed by atoms with E-state index in [1.165, 1.54) is 6.07 Å². The number of aliphatic hydroxyl groups is 1. The van der Waals surface area contributed by atoms with Crippen LogP contribution in [0.25, 0.3) is 0 Å². The number of aliphatic hydroxyl groups excluding tert-OH is 1. The molecule has 0 bridgehead atoms. The van der Waals surface area contributed by atoms with Gasteiger partial charge in [0.1, 0.15) is 5.60 Å². The van der Waals surface area contributed by atoms with Crippen molar-refractivity contribution in [3.63, 3.8) is 0 Å². The number of nitrogens with two attached hydrogens (primary N) is 1. The summed E-state index contributed by atoms with van der Waals surface area (Å²) in [4.78, 5) is 15.4. The number of nitrogen functional groups attached to an aromatic ring is 1. The first kappa shape index (κ1) is 18.0. The van der Waals surface area contributed by atoms with Crippen molar-refractivity contribution < 1.29 is 19.7 Å². The zero-order valence-corrected chi connectivity index (χ0v) is 13.1. The van der Waals surface area contributed by atoms with Crippen LogP contribution in [-0.2, 0) is 11.3 Å². The van der Waals surface area contributed by atoms with Crippen molar-refractivity contribution in [2.45, 2.75) is 39.0 Å². The van der Waals surface area contributed by atoms with Gasteiger partial charge in [-0.3, -0.25) is 0 Å². The Morgan fingerprint density at radius 2 is 2.09 bits per heavy atom. The van der Waals surface area contributed by atoms with Gasteiger partial charge in [0, 0.05) is 19.6 Å². The minimum atomic E-state index is -0.762. The van der Waals surface area contributed by atoms with Gasteiger partial charge in [0.2, 0.25) is 0 Å². The average molecular weight is 312 g/mol. The molecular formula is C14H24N4O4. The number of pyridine rings is 1. The molecule has 1 unspecified atom stereocenters. The summed E-state index contributed by atoms with van der Waals surface area (Å²) in [6.45, 7) is 6.02. The zero-order chi connectivity index (χ0) is 16.8. The maximum atomic E-state index is 11.4. The molecule has 1 aromatic rings. The van der Waals surface area contributed by atoms with Crippen LogP contribution in [0.3, 0.4) is 0 Å². The SMILES string of the molecule is CC(C)(C)OC(=O)NCC(O)CNCc1ccc(O)c(N)n1. The Morgan fingerprint density at radius 3 is 2.68 bits per heavy atom. The van der Waals surface area contributed by atoms with Crippen LogP contribution < -0.4 is 16.4 Å². The third-order valence-electron chi connectivity index (χ3n) is 2.53. The molecule has 0 aliphatic heterocycles. The van der Waals surface area contributed by atoms with Crippen LogP contribution in [-0.4, -0.2) is 46.1 Å². The number of alkyl carbamates (subject to hydrolysis) is 1. The van der Waals surface area contributed by atoms with Crippen molar-refractivity contribution >= 4 is 11.9 Å². The molecule has 0 saturated carbocycles. The third kappa shape index (κ3) is 7.09. The van der Waals surface area contributed by atoms with E-state index in [9.17, 15) is 15.0 Å². The topological polar surface area (TPSA) is 130 Å². The highest BCUT2D eigenvalue weighted by Gasteiger charge is 2.16. The predicted octanol–water partition coefficient (Wildman–Crippen LogP) is 0.345. The molecule has 1 amide bonds. The van der Waals surface area contributed by atoms with Crippen LogP contribution in [0.1, 0.15) is 26.5 Å². The molecule has 0 spiro atoms.